The van der Waals surface area contributed by atoms with E-state index in [4.69, 9.17) is 4.74 Å². The number of rotatable bonds is 3. The van der Waals surface area contributed by atoms with Crippen molar-refractivity contribution in [1.29, 1.82) is 0 Å². The Morgan fingerprint density at radius 2 is 1.48 bits per heavy atom. The Labute approximate surface area is 148 Å². The van der Waals surface area contributed by atoms with Gasteiger partial charge in [-0.05, 0) is 6.08 Å². The SMILES string of the molecule is CC(=O)OC1C=C[C@@H](SC(C)(C)C)N(C(C)=O)[C@H]1SC(C)(C)C. The maximum Gasteiger partial charge on any atom is 0.303 e. The van der Waals surface area contributed by atoms with Crippen molar-refractivity contribution >= 4 is 35.4 Å². The van der Waals surface area contributed by atoms with E-state index in [-0.39, 0.29) is 32.1 Å². The van der Waals surface area contributed by atoms with E-state index < -0.39 is 6.10 Å². The molecule has 0 N–H and O–H groups in total. The lowest BCUT2D eigenvalue weighted by molar-refractivity contribution is -0.148. The fraction of sp³-hybridized carbons (Fsp3) is 0.765. The van der Waals surface area contributed by atoms with Crippen LogP contribution in [0.1, 0.15) is 55.4 Å². The maximum atomic E-state index is 12.3. The molecule has 1 unspecified atom stereocenters. The van der Waals surface area contributed by atoms with Crippen molar-refractivity contribution in [2.75, 3.05) is 0 Å². The van der Waals surface area contributed by atoms with Crippen LogP contribution in [0, 0.1) is 0 Å². The molecule has 0 radical (unpaired) electrons. The summed E-state index contributed by atoms with van der Waals surface area (Å²) in [5, 5.41) is -0.277. The van der Waals surface area contributed by atoms with Gasteiger partial charge in [0.1, 0.15) is 11.5 Å². The molecule has 0 saturated carbocycles. The molecule has 0 aromatic rings. The minimum atomic E-state index is -0.419. The zero-order chi connectivity index (χ0) is 18.0. The maximum absolute atomic E-state index is 12.3. The lowest BCUT2D eigenvalue weighted by atomic mass is 10.2. The van der Waals surface area contributed by atoms with Gasteiger partial charge in [-0.2, -0.15) is 0 Å². The molecule has 0 spiro atoms. The number of hydrogen-bond donors (Lipinski definition) is 0. The molecule has 4 nitrogen and oxygen atoms in total. The molecule has 0 aromatic carbocycles. The summed E-state index contributed by atoms with van der Waals surface area (Å²) in [6.07, 6.45) is 3.48. The van der Waals surface area contributed by atoms with E-state index in [0.717, 1.165) is 0 Å². The molecule has 1 heterocycles. The standard InChI is InChI=1S/C17H29NO3S2/c1-11(19)18-14(22-16(3,4)5)10-9-13(21-12(2)20)15(18)23-17(6,7)8/h9-10,13-15H,1-8H3/t13?,14-,15+/m1/s1. The highest BCUT2D eigenvalue weighted by atomic mass is 32.2. The van der Waals surface area contributed by atoms with E-state index in [9.17, 15) is 9.59 Å². The zero-order valence-electron chi connectivity index (χ0n) is 15.4. The average Bonchev–Trinajstić information content (AvgIpc) is 2.27. The summed E-state index contributed by atoms with van der Waals surface area (Å²) in [5.74, 6) is -0.334. The van der Waals surface area contributed by atoms with Crippen LogP contribution in [0.2, 0.25) is 0 Å². The van der Waals surface area contributed by atoms with E-state index in [1.165, 1.54) is 6.92 Å². The zero-order valence-corrected chi connectivity index (χ0v) is 17.0. The molecule has 0 fully saturated rings. The predicted molar refractivity (Wildman–Crippen MR) is 99.5 cm³/mol. The molecule has 0 bridgehead atoms. The predicted octanol–water partition coefficient (Wildman–Crippen LogP) is 4.05. The Morgan fingerprint density at radius 3 is 1.87 bits per heavy atom. The molecule has 0 saturated heterocycles. The third-order valence-corrected chi connectivity index (χ3v) is 5.69. The van der Waals surface area contributed by atoms with E-state index in [2.05, 4.69) is 41.5 Å². The minimum Gasteiger partial charge on any atom is -0.455 e. The summed E-state index contributed by atoms with van der Waals surface area (Å²) >= 11 is 3.39. The summed E-state index contributed by atoms with van der Waals surface area (Å²) in [5.41, 5.74) is 0. The molecule has 0 aliphatic carbocycles. The first-order valence-corrected chi connectivity index (χ1v) is 9.56. The van der Waals surface area contributed by atoms with Crippen molar-refractivity contribution in [3.63, 3.8) is 0 Å². The van der Waals surface area contributed by atoms with Crippen LogP contribution < -0.4 is 0 Å². The number of nitrogens with zero attached hydrogens (tertiary/aromatic N) is 1. The second kappa shape index (κ2) is 7.51. The normalized spacial score (nSPS) is 25.4. The van der Waals surface area contributed by atoms with Crippen LogP contribution in [0.5, 0.6) is 0 Å². The van der Waals surface area contributed by atoms with Gasteiger partial charge in [0.25, 0.3) is 0 Å². The fourth-order valence-electron chi connectivity index (χ4n) is 2.29. The van der Waals surface area contributed by atoms with Crippen LogP contribution in [-0.2, 0) is 14.3 Å². The van der Waals surface area contributed by atoms with E-state index >= 15 is 0 Å². The Balaban J connectivity index is 3.19. The van der Waals surface area contributed by atoms with E-state index in [1.807, 2.05) is 17.1 Å². The van der Waals surface area contributed by atoms with Crippen molar-refractivity contribution in [3.8, 4) is 0 Å². The van der Waals surface area contributed by atoms with Gasteiger partial charge in [-0.25, -0.2) is 0 Å². The highest BCUT2D eigenvalue weighted by molar-refractivity contribution is 8.02. The van der Waals surface area contributed by atoms with Gasteiger partial charge in [-0.3, -0.25) is 9.59 Å². The van der Waals surface area contributed by atoms with Crippen LogP contribution >= 0.6 is 23.5 Å². The molecule has 6 heteroatoms. The molecule has 1 amide bonds. The Kier molecular flexibility index (Phi) is 6.67. The largest absolute Gasteiger partial charge is 0.455 e. The van der Waals surface area contributed by atoms with Crippen molar-refractivity contribution < 1.29 is 14.3 Å². The number of thioether (sulfide) groups is 2. The third kappa shape index (κ3) is 6.79. The Hall–Kier alpha value is -0.620. The third-order valence-electron chi connectivity index (χ3n) is 2.91. The average molecular weight is 360 g/mol. The molecule has 23 heavy (non-hydrogen) atoms. The number of hydrogen-bond acceptors (Lipinski definition) is 5. The van der Waals surface area contributed by atoms with Gasteiger partial charge in [0.2, 0.25) is 5.91 Å². The number of ether oxygens (including phenoxy) is 1. The van der Waals surface area contributed by atoms with Gasteiger partial charge in [-0.15, -0.1) is 23.5 Å². The van der Waals surface area contributed by atoms with Crippen molar-refractivity contribution in [2.24, 2.45) is 0 Å². The van der Waals surface area contributed by atoms with Gasteiger partial charge in [0, 0.05) is 23.3 Å². The second-order valence-corrected chi connectivity index (χ2v) is 11.5. The van der Waals surface area contributed by atoms with Crippen molar-refractivity contribution in [2.45, 2.75) is 81.7 Å². The van der Waals surface area contributed by atoms with Crippen molar-refractivity contribution in [1.82, 2.24) is 4.90 Å². The molecule has 1 aliphatic heterocycles. The fourth-order valence-corrected chi connectivity index (χ4v) is 5.05. The number of esters is 1. The first-order chi connectivity index (χ1) is 10.3. The summed E-state index contributed by atoms with van der Waals surface area (Å²) in [4.78, 5) is 25.6. The van der Waals surface area contributed by atoms with Gasteiger partial charge in [-0.1, -0.05) is 47.6 Å². The van der Waals surface area contributed by atoms with Gasteiger partial charge >= 0.3 is 5.97 Å². The molecular formula is C17H29NO3S2. The number of carbonyl (C=O) groups is 2. The summed E-state index contributed by atoms with van der Waals surface area (Å²) < 4.78 is 5.42. The van der Waals surface area contributed by atoms with Crippen LogP contribution in [-0.4, -0.2) is 43.1 Å². The molecule has 1 aliphatic rings. The lowest BCUT2D eigenvalue weighted by Gasteiger charge is -2.45. The number of amides is 1. The van der Waals surface area contributed by atoms with E-state index in [0.29, 0.717) is 0 Å². The minimum absolute atomic E-state index is 0.00463. The quantitative estimate of drug-likeness (QED) is 0.562. The molecule has 1 rings (SSSR count). The monoisotopic (exact) mass is 359 g/mol. The number of carbonyl (C=O) groups excluding carboxylic acids is 2. The second-order valence-electron chi connectivity index (χ2n) is 7.63. The van der Waals surface area contributed by atoms with E-state index in [1.54, 1.807) is 30.4 Å². The first-order valence-electron chi connectivity index (χ1n) is 7.80. The van der Waals surface area contributed by atoms with Gasteiger partial charge < -0.3 is 9.64 Å². The van der Waals surface area contributed by atoms with Gasteiger partial charge in [0.15, 0.2) is 0 Å². The molecule has 0 aromatic heterocycles. The topological polar surface area (TPSA) is 46.6 Å². The highest BCUT2D eigenvalue weighted by Gasteiger charge is 2.41. The summed E-state index contributed by atoms with van der Waals surface area (Å²) in [7, 11) is 0. The summed E-state index contributed by atoms with van der Waals surface area (Å²) in [6, 6.07) is 0. The summed E-state index contributed by atoms with van der Waals surface area (Å²) in [6.45, 7) is 15.7. The van der Waals surface area contributed by atoms with Crippen LogP contribution in [0.4, 0.5) is 0 Å². The van der Waals surface area contributed by atoms with Crippen LogP contribution in [0.3, 0.4) is 0 Å². The van der Waals surface area contributed by atoms with Crippen molar-refractivity contribution in [3.05, 3.63) is 12.2 Å². The smallest absolute Gasteiger partial charge is 0.303 e. The molecule has 3 atom stereocenters. The Bertz CT molecular complexity index is 477. The van der Waals surface area contributed by atoms with Gasteiger partial charge in [0.05, 0.1) is 5.37 Å². The lowest BCUT2D eigenvalue weighted by Crippen LogP contribution is -2.53. The molecular weight excluding hydrogens is 330 g/mol. The molecule has 132 valence electrons. The van der Waals surface area contributed by atoms with Crippen LogP contribution in [0.15, 0.2) is 12.2 Å². The van der Waals surface area contributed by atoms with Crippen LogP contribution in [0.25, 0.3) is 0 Å². The Morgan fingerprint density at radius 1 is 0.957 bits per heavy atom. The first kappa shape index (κ1) is 20.4. The highest BCUT2D eigenvalue weighted by Crippen LogP contribution is 2.41.